The van der Waals surface area contributed by atoms with Crippen molar-refractivity contribution in [2.45, 2.75) is 19.0 Å². The molecule has 4 aromatic rings. The van der Waals surface area contributed by atoms with Crippen molar-refractivity contribution < 1.29 is 4.79 Å². The van der Waals surface area contributed by atoms with Gasteiger partial charge >= 0.3 is 0 Å². The van der Waals surface area contributed by atoms with Crippen molar-refractivity contribution in [3.05, 3.63) is 71.5 Å². The molecule has 1 atom stereocenters. The predicted molar refractivity (Wildman–Crippen MR) is 119 cm³/mol. The fourth-order valence-electron chi connectivity index (χ4n) is 2.82. The minimum absolute atomic E-state index is 0.181. The Morgan fingerprint density at radius 3 is 2.63 bits per heavy atom. The Hall–Kier alpha value is -3.21. The van der Waals surface area contributed by atoms with Crippen LogP contribution in [0.15, 0.2) is 60.2 Å². The molecule has 0 radical (unpaired) electrons. The number of anilines is 2. The van der Waals surface area contributed by atoms with E-state index in [-0.39, 0.29) is 5.91 Å². The van der Waals surface area contributed by atoms with Gasteiger partial charge < -0.3 is 5.73 Å². The normalized spacial score (nSPS) is 11.9. The van der Waals surface area contributed by atoms with Crippen molar-refractivity contribution in [1.82, 2.24) is 25.5 Å². The lowest BCUT2D eigenvalue weighted by Crippen LogP contribution is -2.41. The fraction of sp³-hybridized carbons (Fsp3) is 0.150. The average Bonchev–Trinajstić information content (AvgIpc) is 3.41. The van der Waals surface area contributed by atoms with Gasteiger partial charge in [0.15, 0.2) is 5.13 Å². The molecule has 0 spiro atoms. The van der Waals surface area contributed by atoms with Crippen LogP contribution in [-0.4, -0.2) is 32.1 Å². The highest BCUT2D eigenvalue weighted by molar-refractivity contribution is 7.18. The van der Waals surface area contributed by atoms with E-state index in [9.17, 15) is 4.79 Å². The van der Waals surface area contributed by atoms with Crippen molar-refractivity contribution in [2.75, 3.05) is 11.1 Å². The Morgan fingerprint density at radius 1 is 1.10 bits per heavy atom. The summed E-state index contributed by atoms with van der Waals surface area (Å²) in [5.74, 6) is -0.181. The number of aromatic nitrogens is 4. The molecule has 8 nitrogen and oxygen atoms in total. The molecule has 1 amide bonds. The molecule has 4 rings (SSSR count). The lowest BCUT2D eigenvalue weighted by atomic mass is 10.1. The standard InChI is InChI=1S/C20H19N7OS2/c21-19-24-15(12-29-19)11-23-16(10-13-4-2-1-3-5-13)17(28)25-20-27-26-18(30-20)14-6-8-22-9-7-14/h1-9,12,16,23H,10-11H2,(H2,21,24)(H,25,27,28). The van der Waals surface area contributed by atoms with E-state index in [1.54, 1.807) is 12.4 Å². The minimum atomic E-state index is -0.469. The lowest BCUT2D eigenvalue weighted by molar-refractivity contribution is -0.118. The monoisotopic (exact) mass is 437 g/mol. The Morgan fingerprint density at radius 2 is 1.90 bits per heavy atom. The molecule has 0 saturated carbocycles. The van der Waals surface area contributed by atoms with E-state index in [2.05, 4.69) is 30.8 Å². The minimum Gasteiger partial charge on any atom is -0.375 e. The summed E-state index contributed by atoms with van der Waals surface area (Å²) in [6.07, 6.45) is 3.92. The molecule has 1 aromatic carbocycles. The number of thiazole rings is 1. The van der Waals surface area contributed by atoms with Gasteiger partial charge in [-0.3, -0.25) is 20.4 Å². The summed E-state index contributed by atoms with van der Waals surface area (Å²) in [7, 11) is 0. The summed E-state index contributed by atoms with van der Waals surface area (Å²) in [6.45, 7) is 0.441. The molecule has 0 aliphatic rings. The number of pyridine rings is 1. The van der Waals surface area contributed by atoms with E-state index >= 15 is 0 Å². The zero-order valence-electron chi connectivity index (χ0n) is 15.9. The maximum absolute atomic E-state index is 13.0. The third-order valence-electron chi connectivity index (χ3n) is 4.28. The first-order valence-corrected chi connectivity index (χ1v) is 10.9. The average molecular weight is 438 g/mol. The number of amides is 1. The topological polar surface area (TPSA) is 119 Å². The van der Waals surface area contributed by atoms with E-state index in [0.717, 1.165) is 21.8 Å². The van der Waals surface area contributed by atoms with Crippen LogP contribution in [0.2, 0.25) is 0 Å². The highest BCUT2D eigenvalue weighted by Gasteiger charge is 2.21. The number of benzene rings is 1. The van der Waals surface area contributed by atoms with Crippen molar-refractivity contribution in [3.8, 4) is 10.6 Å². The van der Waals surface area contributed by atoms with Crippen molar-refractivity contribution in [1.29, 1.82) is 0 Å². The van der Waals surface area contributed by atoms with E-state index in [4.69, 9.17) is 5.73 Å². The summed E-state index contributed by atoms with van der Waals surface area (Å²) < 4.78 is 0. The van der Waals surface area contributed by atoms with Crippen molar-refractivity contribution >= 4 is 38.8 Å². The summed E-state index contributed by atoms with van der Waals surface area (Å²) in [5, 5.41) is 18.0. The number of nitrogens with one attached hydrogen (secondary N) is 2. The number of nitrogens with two attached hydrogens (primary N) is 1. The first-order valence-electron chi connectivity index (χ1n) is 9.19. The maximum atomic E-state index is 13.0. The number of rotatable bonds is 8. The van der Waals surface area contributed by atoms with Crippen LogP contribution < -0.4 is 16.4 Å². The van der Waals surface area contributed by atoms with Crippen molar-refractivity contribution in [3.63, 3.8) is 0 Å². The highest BCUT2D eigenvalue weighted by atomic mass is 32.1. The Balaban J connectivity index is 1.46. The summed E-state index contributed by atoms with van der Waals surface area (Å²) in [6, 6.07) is 13.1. The molecule has 3 heterocycles. The van der Waals surface area contributed by atoms with Gasteiger partial charge in [0.1, 0.15) is 5.01 Å². The van der Waals surface area contributed by atoms with Crippen LogP contribution in [0.5, 0.6) is 0 Å². The zero-order chi connectivity index (χ0) is 20.8. The van der Waals surface area contributed by atoms with E-state index in [1.165, 1.54) is 22.7 Å². The molecule has 1 unspecified atom stereocenters. The van der Waals surface area contributed by atoms with Crippen LogP contribution >= 0.6 is 22.7 Å². The molecule has 0 saturated heterocycles. The number of carbonyl (C=O) groups is 1. The largest absolute Gasteiger partial charge is 0.375 e. The van der Waals surface area contributed by atoms with E-state index in [0.29, 0.717) is 23.2 Å². The predicted octanol–water partition coefficient (Wildman–Crippen LogP) is 2.98. The number of hydrogen-bond acceptors (Lipinski definition) is 9. The SMILES string of the molecule is Nc1nc(CNC(Cc2ccccc2)C(=O)Nc2nnc(-c3ccncc3)s2)cs1. The summed E-state index contributed by atoms with van der Waals surface area (Å²) in [4.78, 5) is 21.3. The molecule has 3 aromatic heterocycles. The Kier molecular flexibility index (Phi) is 6.38. The number of nitrogen functional groups attached to an aromatic ring is 1. The smallest absolute Gasteiger partial charge is 0.243 e. The van der Waals surface area contributed by atoms with Crippen LogP contribution in [0.3, 0.4) is 0 Å². The lowest BCUT2D eigenvalue weighted by Gasteiger charge is -2.17. The van der Waals surface area contributed by atoms with Crippen LogP contribution in [-0.2, 0) is 17.8 Å². The van der Waals surface area contributed by atoms with Gasteiger partial charge in [-0.1, -0.05) is 41.7 Å². The van der Waals surface area contributed by atoms with E-state index in [1.807, 2.05) is 47.8 Å². The van der Waals surface area contributed by atoms with E-state index < -0.39 is 6.04 Å². The quantitative estimate of drug-likeness (QED) is 0.388. The third-order valence-corrected chi connectivity index (χ3v) is 5.89. The zero-order valence-corrected chi connectivity index (χ0v) is 17.5. The molecular formula is C20H19N7OS2. The van der Waals surface area contributed by atoms with Gasteiger partial charge in [-0.2, -0.15) is 0 Å². The number of nitrogens with zero attached hydrogens (tertiary/aromatic N) is 4. The maximum Gasteiger partial charge on any atom is 0.243 e. The molecule has 152 valence electrons. The molecule has 0 aliphatic carbocycles. The third kappa shape index (κ3) is 5.23. The molecular weight excluding hydrogens is 418 g/mol. The number of carbonyl (C=O) groups excluding carboxylic acids is 1. The molecule has 4 N–H and O–H groups in total. The van der Waals surface area contributed by atoms with Crippen LogP contribution in [0.25, 0.3) is 10.6 Å². The van der Waals surface area contributed by atoms with Gasteiger partial charge in [0, 0.05) is 29.9 Å². The second-order valence-corrected chi connectivity index (χ2v) is 8.30. The molecule has 0 bridgehead atoms. The Labute approximate surface area is 181 Å². The molecule has 0 fully saturated rings. The first-order chi connectivity index (χ1) is 14.7. The summed E-state index contributed by atoms with van der Waals surface area (Å²) >= 11 is 2.70. The highest BCUT2D eigenvalue weighted by Crippen LogP contribution is 2.25. The molecule has 0 aliphatic heterocycles. The second kappa shape index (κ2) is 9.53. The molecule has 10 heteroatoms. The van der Waals surface area contributed by atoms with Crippen LogP contribution in [0.4, 0.5) is 10.3 Å². The van der Waals surface area contributed by atoms with Gasteiger partial charge in [0.2, 0.25) is 11.0 Å². The Bertz CT molecular complexity index is 1100. The van der Waals surface area contributed by atoms with Gasteiger partial charge in [-0.25, -0.2) is 4.98 Å². The first kappa shape index (κ1) is 20.1. The van der Waals surface area contributed by atoms with Gasteiger partial charge in [-0.15, -0.1) is 21.5 Å². The summed E-state index contributed by atoms with van der Waals surface area (Å²) in [5.41, 5.74) is 8.47. The fourth-order valence-corrected chi connectivity index (χ4v) is 4.13. The van der Waals surface area contributed by atoms with Gasteiger partial charge in [0.25, 0.3) is 0 Å². The van der Waals surface area contributed by atoms with Crippen LogP contribution in [0.1, 0.15) is 11.3 Å². The van der Waals surface area contributed by atoms with Crippen molar-refractivity contribution in [2.24, 2.45) is 0 Å². The van der Waals surface area contributed by atoms with Crippen LogP contribution in [0, 0.1) is 0 Å². The second-order valence-electron chi connectivity index (χ2n) is 6.44. The molecule has 30 heavy (non-hydrogen) atoms. The number of hydrogen-bond donors (Lipinski definition) is 3. The van der Waals surface area contributed by atoms with Gasteiger partial charge in [-0.05, 0) is 24.1 Å². The van der Waals surface area contributed by atoms with Gasteiger partial charge in [0.05, 0.1) is 11.7 Å².